The summed E-state index contributed by atoms with van der Waals surface area (Å²) in [5, 5.41) is 9.86. The van der Waals surface area contributed by atoms with E-state index in [4.69, 9.17) is 0 Å². The molecule has 0 aliphatic carbocycles. The van der Waals surface area contributed by atoms with Crippen LogP contribution < -0.4 is 5.56 Å². The van der Waals surface area contributed by atoms with Crippen LogP contribution in [-0.4, -0.2) is 39.2 Å². The zero-order chi connectivity index (χ0) is 19.5. The predicted molar refractivity (Wildman–Crippen MR) is 106 cm³/mol. The number of likely N-dealkylation sites (tertiary alicyclic amines) is 1. The summed E-state index contributed by atoms with van der Waals surface area (Å²) >= 11 is 0. The van der Waals surface area contributed by atoms with Crippen LogP contribution in [0.4, 0.5) is 4.39 Å². The molecular formula is C22H22FN3O2. The lowest BCUT2D eigenvalue weighted by molar-refractivity contribution is 0.0668. The molecule has 2 heterocycles. The number of aliphatic hydroxyl groups is 1. The molecule has 3 aromatic rings. The molecule has 2 N–H and O–H groups in total. The molecule has 1 atom stereocenters. The number of aliphatic hydroxyl groups excluding tert-OH is 1. The highest BCUT2D eigenvalue weighted by Gasteiger charge is 2.18. The number of hydrogen-bond acceptors (Lipinski definition) is 4. The molecule has 1 aliphatic rings. The Labute approximate surface area is 162 Å². The molecule has 0 saturated carbocycles. The molecule has 1 saturated heterocycles. The van der Waals surface area contributed by atoms with Gasteiger partial charge in [0, 0.05) is 30.3 Å². The summed E-state index contributed by atoms with van der Waals surface area (Å²) in [4.78, 5) is 21.6. The number of aromatic nitrogens is 2. The highest BCUT2D eigenvalue weighted by Crippen LogP contribution is 2.23. The van der Waals surface area contributed by atoms with Gasteiger partial charge in [0.2, 0.25) is 0 Å². The van der Waals surface area contributed by atoms with Crippen molar-refractivity contribution in [1.29, 1.82) is 0 Å². The standard InChI is InChI=1S/C22H22FN3O2/c23-19-9-2-1-8-18(19)20-12-21(28)25-22(24-20)16-6-3-5-15(11-16)13-26-10-4-7-17(27)14-26/h1-3,5-6,8-9,11-12,17,27H,4,7,10,13-14H2,(H,24,25,28). The summed E-state index contributed by atoms with van der Waals surface area (Å²) in [7, 11) is 0. The van der Waals surface area contributed by atoms with Crippen molar-refractivity contribution in [2.75, 3.05) is 13.1 Å². The fraction of sp³-hybridized carbons (Fsp3) is 0.273. The monoisotopic (exact) mass is 379 g/mol. The second kappa shape index (κ2) is 8.04. The molecule has 144 valence electrons. The SMILES string of the molecule is O=c1cc(-c2ccccc2F)nc(-c2cccc(CN3CCCC(O)C3)c2)[nH]1. The predicted octanol–water partition coefficient (Wildman–Crippen LogP) is 3.20. The Bertz CT molecular complexity index is 1030. The molecule has 0 amide bonds. The molecule has 28 heavy (non-hydrogen) atoms. The molecule has 5 nitrogen and oxygen atoms in total. The lowest BCUT2D eigenvalue weighted by Crippen LogP contribution is -2.37. The van der Waals surface area contributed by atoms with Crippen LogP contribution in [0, 0.1) is 5.82 Å². The van der Waals surface area contributed by atoms with E-state index in [2.05, 4.69) is 14.9 Å². The molecule has 0 spiro atoms. The van der Waals surface area contributed by atoms with Crippen molar-refractivity contribution in [2.45, 2.75) is 25.5 Å². The molecule has 1 unspecified atom stereocenters. The van der Waals surface area contributed by atoms with Crippen molar-refractivity contribution >= 4 is 0 Å². The number of halogens is 1. The summed E-state index contributed by atoms with van der Waals surface area (Å²) < 4.78 is 14.1. The first kappa shape index (κ1) is 18.5. The maximum absolute atomic E-state index is 14.1. The van der Waals surface area contributed by atoms with Crippen molar-refractivity contribution in [3.8, 4) is 22.6 Å². The minimum atomic E-state index is -0.413. The van der Waals surface area contributed by atoms with Gasteiger partial charge in [-0.15, -0.1) is 0 Å². The summed E-state index contributed by atoms with van der Waals surface area (Å²) in [5.41, 5.74) is 2.12. The second-order valence-corrected chi connectivity index (χ2v) is 7.19. The maximum atomic E-state index is 14.1. The van der Waals surface area contributed by atoms with E-state index >= 15 is 0 Å². The van der Waals surface area contributed by atoms with Crippen LogP contribution in [0.25, 0.3) is 22.6 Å². The average molecular weight is 379 g/mol. The zero-order valence-corrected chi connectivity index (χ0v) is 15.4. The minimum Gasteiger partial charge on any atom is -0.392 e. The van der Waals surface area contributed by atoms with Crippen molar-refractivity contribution in [1.82, 2.24) is 14.9 Å². The number of nitrogens with zero attached hydrogens (tertiary/aromatic N) is 2. The summed E-state index contributed by atoms with van der Waals surface area (Å²) in [6.07, 6.45) is 1.57. The van der Waals surface area contributed by atoms with Crippen LogP contribution in [0.5, 0.6) is 0 Å². The number of H-pyrrole nitrogens is 1. The number of piperidine rings is 1. The van der Waals surface area contributed by atoms with Gasteiger partial charge < -0.3 is 10.1 Å². The maximum Gasteiger partial charge on any atom is 0.251 e. The highest BCUT2D eigenvalue weighted by molar-refractivity contribution is 5.64. The molecule has 1 aromatic heterocycles. The van der Waals surface area contributed by atoms with Gasteiger partial charge in [-0.25, -0.2) is 9.37 Å². The minimum absolute atomic E-state index is 0.271. The van der Waals surface area contributed by atoms with Gasteiger partial charge in [-0.05, 0) is 43.1 Å². The number of β-amino-alcohol motifs (C(OH)–C–C–N with tert-alkyl or cyclic N) is 1. The lowest BCUT2D eigenvalue weighted by Gasteiger charge is -2.30. The fourth-order valence-electron chi connectivity index (χ4n) is 3.65. The van der Waals surface area contributed by atoms with Gasteiger partial charge in [-0.2, -0.15) is 0 Å². The number of benzene rings is 2. The first-order valence-electron chi connectivity index (χ1n) is 9.44. The third-order valence-electron chi connectivity index (χ3n) is 4.98. The summed E-state index contributed by atoms with van der Waals surface area (Å²) in [6, 6.07) is 15.4. The van der Waals surface area contributed by atoms with E-state index in [0.717, 1.165) is 37.1 Å². The van der Waals surface area contributed by atoms with Crippen LogP contribution in [0.2, 0.25) is 0 Å². The Balaban J connectivity index is 1.64. The average Bonchev–Trinajstić information content (AvgIpc) is 2.68. The van der Waals surface area contributed by atoms with Gasteiger partial charge in [-0.1, -0.05) is 30.3 Å². The van der Waals surface area contributed by atoms with E-state index in [1.54, 1.807) is 18.2 Å². The third kappa shape index (κ3) is 4.18. The number of aromatic amines is 1. The molecule has 2 aromatic carbocycles. The van der Waals surface area contributed by atoms with E-state index in [9.17, 15) is 14.3 Å². The third-order valence-corrected chi connectivity index (χ3v) is 4.98. The van der Waals surface area contributed by atoms with Gasteiger partial charge in [0.25, 0.3) is 5.56 Å². The van der Waals surface area contributed by atoms with Crippen LogP contribution in [-0.2, 0) is 6.54 Å². The van der Waals surface area contributed by atoms with Crippen molar-refractivity contribution in [3.05, 3.63) is 76.3 Å². The molecular weight excluding hydrogens is 357 g/mol. The van der Waals surface area contributed by atoms with E-state index in [1.165, 1.54) is 12.1 Å². The Morgan fingerprint density at radius 2 is 2.04 bits per heavy atom. The van der Waals surface area contributed by atoms with Crippen molar-refractivity contribution in [3.63, 3.8) is 0 Å². The van der Waals surface area contributed by atoms with E-state index < -0.39 is 5.82 Å². The summed E-state index contributed by atoms with van der Waals surface area (Å²) in [5.74, 6) is -0.00441. The first-order valence-corrected chi connectivity index (χ1v) is 9.44. The van der Waals surface area contributed by atoms with Gasteiger partial charge in [-0.3, -0.25) is 9.69 Å². The largest absolute Gasteiger partial charge is 0.392 e. The molecule has 0 radical (unpaired) electrons. The molecule has 1 fully saturated rings. The zero-order valence-electron chi connectivity index (χ0n) is 15.4. The molecule has 1 aliphatic heterocycles. The number of nitrogens with one attached hydrogen (secondary N) is 1. The van der Waals surface area contributed by atoms with Crippen molar-refractivity contribution in [2.24, 2.45) is 0 Å². The van der Waals surface area contributed by atoms with Crippen LogP contribution in [0.3, 0.4) is 0 Å². The van der Waals surface area contributed by atoms with Crippen molar-refractivity contribution < 1.29 is 9.50 Å². The smallest absolute Gasteiger partial charge is 0.251 e. The lowest BCUT2D eigenvalue weighted by atomic mass is 10.1. The van der Waals surface area contributed by atoms with Gasteiger partial charge in [0.05, 0.1) is 11.8 Å². The highest BCUT2D eigenvalue weighted by atomic mass is 19.1. The fourth-order valence-corrected chi connectivity index (χ4v) is 3.65. The van der Waals surface area contributed by atoms with Crippen LogP contribution in [0.15, 0.2) is 59.4 Å². The Morgan fingerprint density at radius 1 is 1.18 bits per heavy atom. The van der Waals surface area contributed by atoms with Gasteiger partial charge in [0.1, 0.15) is 11.6 Å². The van der Waals surface area contributed by atoms with Crippen LogP contribution >= 0.6 is 0 Å². The van der Waals surface area contributed by atoms with E-state index in [-0.39, 0.29) is 11.7 Å². The van der Waals surface area contributed by atoms with Crippen LogP contribution in [0.1, 0.15) is 18.4 Å². The van der Waals surface area contributed by atoms with E-state index in [0.29, 0.717) is 23.6 Å². The van der Waals surface area contributed by atoms with Gasteiger partial charge >= 0.3 is 0 Å². The van der Waals surface area contributed by atoms with Gasteiger partial charge in [0.15, 0.2) is 0 Å². The Hall–Kier alpha value is -2.83. The first-order chi connectivity index (χ1) is 13.6. The topological polar surface area (TPSA) is 69.2 Å². The number of hydrogen-bond donors (Lipinski definition) is 2. The molecule has 6 heteroatoms. The summed E-state index contributed by atoms with van der Waals surface area (Å²) in [6.45, 7) is 2.35. The second-order valence-electron chi connectivity index (χ2n) is 7.19. The normalized spacial score (nSPS) is 17.6. The van der Waals surface area contributed by atoms with E-state index in [1.807, 2.05) is 24.3 Å². The number of rotatable bonds is 4. The quantitative estimate of drug-likeness (QED) is 0.730. The molecule has 4 rings (SSSR count). The molecule has 0 bridgehead atoms. The Morgan fingerprint density at radius 3 is 2.86 bits per heavy atom. The Kier molecular flexibility index (Phi) is 5.32.